The van der Waals surface area contributed by atoms with E-state index in [2.05, 4.69) is 0 Å². The molecule has 4 heteroatoms. The summed E-state index contributed by atoms with van der Waals surface area (Å²) in [6.45, 7) is 1.89. The first-order valence-corrected chi connectivity index (χ1v) is 6.12. The number of rotatable bonds is 2. The molecule has 2 aliphatic rings. The van der Waals surface area contributed by atoms with Crippen molar-refractivity contribution in [2.24, 2.45) is 5.92 Å². The third-order valence-corrected chi connectivity index (χ3v) is 4.17. The highest BCUT2D eigenvalue weighted by molar-refractivity contribution is 5.73. The zero-order valence-corrected chi connectivity index (χ0v) is 10.5. The summed E-state index contributed by atoms with van der Waals surface area (Å²) in [7, 11) is 1.64. The second-order valence-corrected chi connectivity index (χ2v) is 5.20. The zero-order chi connectivity index (χ0) is 12.9. The third kappa shape index (κ3) is 1.45. The summed E-state index contributed by atoms with van der Waals surface area (Å²) >= 11 is 0. The van der Waals surface area contributed by atoms with Crippen LogP contribution in [0.1, 0.15) is 24.5 Å². The smallest absolute Gasteiger partial charge is 0.309 e. The molecule has 3 atom stereocenters. The van der Waals surface area contributed by atoms with Gasteiger partial charge < -0.3 is 14.6 Å². The molecule has 0 spiro atoms. The predicted octanol–water partition coefficient (Wildman–Crippen LogP) is 1.96. The van der Waals surface area contributed by atoms with Gasteiger partial charge in [-0.15, -0.1) is 0 Å². The van der Waals surface area contributed by atoms with Crippen molar-refractivity contribution in [1.82, 2.24) is 0 Å². The molecule has 1 aromatic rings. The molecule has 3 rings (SSSR count). The molecule has 1 aromatic carbocycles. The summed E-state index contributed by atoms with van der Waals surface area (Å²) in [5.41, 5.74) is 1.44. The summed E-state index contributed by atoms with van der Waals surface area (Å²) in [4.78, 5) is 11.4. The largest absolute Gasteiger partial charge is 0.497 e. The Morgan fingerprint density at radius 3 is 3.00 bits per heavy atom. The summed E-state index contributed by atoms with van der Waals surface area (Å²) in [6.07, 6.45) is 1.37. The molecule has 4 nitrogen and oxygen atoms in total. The fraction of sp³-hybridized carbons (Fsp3) is 0.500. The van der Waals surface area contributed by atoms with E-state index in [-0.39, 0.29) is 6.10 Å². The van der Waals surface area contributed by atoms with Gasteiger partial charge in [-0.05, 0) is 43.0 Å². The fourth-order valence-corrected chi connectivity index (χ4v) is 3.27. The van der Waals surface area contributed by atoms with Crippen LogP contribution in [0.4, 0.5) is 0 Å². The maximum atomic E-state index is 11.4. The lowest BCUT2D eigenvalue weighted by Crippen LogP contribution is -2.37. The second-order valence-electron chi connectivity index (χ2n) is 5.20. The monoisotopic (exact) mass is 248 g/mol. The maximum Gasteiger partial charge on any atom is 0.309 e. The fourth-order valence-electron chi connectivity index (χ4n) is 3.27. The van der Waals surface area contributed by atoms with Crippen LogP contribution >= 0.6 is 0 Å². The molecule has 96 valence electrons. The molecule has 1 N–H and O–H groups in total. The Labute approximate surface area is 106 Å². The van der Waals surface area contributed by atoms with Crippen LogP contribution < -0.4 is 4.74 Å². The number of methoxy groups -OCH3 is 1. The molecule has 2 aliphatic heterocycles. The number of hydrogen-bond acceptors (Lipinski definition) is 3. The molecule has 0 aliphatic carbocycles. The number of fused-ring (bicyclic) bond motifs is 4. The second kappa shape index (κ2) is 3.72. The number of ether oxygens (including phenoxy) is 2. The van der Waals surface area contributed by atoms with Crippen molar-refractivity contribution in [2.45, 2.75) is 31.5 Å². The topological polar surface area (TPSA) is 55.8 Å². The van der Waals surface area contributed by atoms with Gasteiger partial charge in [-0.3, -0.25) is 4.79 Å². The summed E-state index contributed by atoms with van der Waals surface area (Å²) in [6, 6.07) is 5.80. The molecule has 0 saturated carbocycles. The van der Waals surface area contributed by atoms with E-state index in [9.17, 15) is 9.90 Å². The third-order valence-electron chi connectivity index (χ3n) is 4.17. The lowest BCUT2D eigenvalue weighted by molar-refractivity contribution is -0.149. The van der Waals surface area contributed by atoms with Crippen LogP contribution in [-0.2, 0) is 21.6 Å². The average molecular weight is 248 g/mol. The minimum Gasteiger partial charge on any atom is -0.497 e. The van der Waals surface area contributed by atoms with Crippen LogP contribution in [0.15, 0.2) is 18.2 Å². The highest BCUT2D eigenvalue weighted by Crippen LogP contribution is 2.50. The quantitative estimate of drug-likeness (QED) is 0.869. The van der Waals surface area contributed by atoms with E-state index < -0.39 is 17.5 Å². The molecule has 0 aromatic heterocycles. The van der Waals surface area contributed by atoms with Crippen LogP contribution in [0.5, 0.6) is 5.75 Å². The van der Waals surface area contributed by atoms with Gasteiger partial charge >= 0.3 is 5.97 Å². The first-order chi connectivity index (χ1) is 8.54. The van der Waals surface area contributed by atoms with Crippen molar-refractivity contribution >= 4 is 5.97 Å². The molecular weight excluding hydrogens is 232 g/mol. The standard InChI is InChI=1S/C14H16O4/c1-14-11-4-3-9(17-2)5-8(11)6-10(18-14)7-12(14)13(15)16/h3-5,10,12H,6-7H2,1-2H3,(H,15,16)/t10-,12?,14+/m0/s1. The molecule has 1 saturated heterocycles. The average Bonchev–Trinajstić information content (AvgIpc) is 2.61. The highest BCUT2D eigenvalue weighted by Gasteiger charge is 2.53. The van der Waals surface area contributed by atoms with E-state index in [1.165, 1.54) is 0 Å². The van der Waals surface area contributed by atoms with Gasteiger partial charge in [0.2, 0.25) is 0 Å². The van der Waals surface area contributed by atoms with Gasteiger partial charge in [0.25, 0.3) is 0 Å². The summed E-state index contributed by atoms with van der Waals surface area (Å²) in [5.74, 6) is -0.425. The van der Waals surface area contributed by atoms with E-state index >= 15 is 0 Å². The highest BCUT2D eigenvalue weighted by atomic mass is 16.5. The molecule has 2 bridgehead atoms. The van der Waals surface area contributed by atoms with Gasteiger partial charge in [-0.2, -0.15) is 0 Å². The maximum absolute atomic E-state index is 11.4. The number of benzene rings is 1. The molecule has 0 amide bonds. The Kier molecular flexibility index (Phi) is 2.38. The minimum atomic E-state index is -0.774. The Morgan fingerprint density at radius 1 is 1.56 bits per heavy atom. The SMILES string of the molecule is COc1ccc2c(c1)C[C@H]1CC(C(=O)O)[C@]2(C)O1. The first kappa shape index (κ1) is 11.5. The number of carbonyl (C=O) groups is 1. The molecule has 18 heavy (non-hydrogen) atoms. The molecule has 0 radical (unpaired) electrons. The van der Waals surface area contributed by atoms with E-state index in [0.29, 0.717) is 6.42 Å². The van der Waals surface area contributed by atoms with Gasteiger partial charge in [0.05, 0.1) is 19.1 Å². The summed E-state index contributed by atoms with van der Waals surface area (Å²) in [5, 5.41) is 9.35. The van der Waals surface area contributed by atoms with Gasteiger partial charge in [-0.1, -0.05) is 6.07 Å². The lowest BCUT2D eigenvalue weighted by Gasteiger charge is -2.34. The number of carboxylic acids is 1. The number of carboxylic acid groups (broad SMARTS) is 1. The van der Waals surface area contributed by atoms with Crippen LogP contribution in [0.3, 0.4) is 0 Å². The molecule has 1 fully saturated rings. The number of hydrogen-bond donors (Lipinski definition) is 1. The molecule has 2 heterocycles. The Balaban J connectivity index is 2.11. The Bertz CT molecular complexity index is 511. The van der Waals surface area contributed by atoms with E-state index in [1.807, 2.05) is 25.1 Å². The van der Waals surface area contributed by atoms with Crippen molar-refractivity contribution in [3.63, 3.8) is 0 Å². The summed E-state index contributed by atoms with van der Waals surface area (Å²) < 4.78 is 11.2. The van der Waals surface area contributed by atoms with Gasteiger partial charge in [0.1, 0.15) is 11.4 Å². The van der Waals surface area contributed by atoms with Crippen LogP contribution in [0.25, 0.3) is 0 Å². The van der Waals surface area contributed by atoms with Crippen LogP contribution in [0, 0.1) is 5.92 Å². The van der Waals surface area contributed by atoms with E-state index in [4.69, 9.17) is 9.47 Å². The zero-order valence-electron chi connectivity index (χ0n) is 10.5. The van der Waals surface area contributed by atoms with Crippen LogP contribution in [0.2, 0.25) is 0 Å². The number of aliphatic carboxylic acids is 1. The molecular formula is C14H16O4. The van der Waals surface area contributed by atoms with E-state index in [1.54, 1.807) is 7.11 Å². The first-order valence-electron chi connectivity index (χ1n) is 6.12. The van der Waals surface area contributed by atoms with Gasteiger partial charge in [0.15, 0.2) is 0 Å². The molecule has 1 unspecified atom stereocenters. The van der Waals surface area contributed by atoms with Crippen molar-refractivity contribution in [1.29, 1.82) is 0 Å². The normalized spacial score (nSPS) is 33.0. The van der Waals surface area contributed by atoms with Gasteiger partial charge in [0, 0.05) is 0 Å². The van der Waals surface area contributed by atoms with Crippen molar-refractivity contribution in [3.8, 4) is 5.75 Å². The van der Waals surface area contributed by atoms with Crippen molar-refractivity contribution < 1.29 is 19.4 Å². The van der Waals surface area contributed by atoms with Gasteiger partial charge in [-0.25, -0.2) is 0 Å². The van der Waals surface area contributed by atoms with Crippen LogP contribution in [-0.4, -0.2) is 24.3 Å². The Hall–Kier alpha value is -1.55. The lowest BCUT2D eigenvalue weighted by atomic mass is 9.82. The van der Waals surface area contributed by atoms with Crippen molar-refractivity contribution in [3.05, 3.63) is 29.3 Å². The van der Waals surface area contributed by atoms with Crippen molar-refractivity contribution in [2.75, 3.05) is 7.11 Å². The Morgan fingerprint density at radius 2 is 2.33 bits per heavy atom. The van der Waals surface area contributed by atoms with E-state index in [0.717, 1.165) is 23.3 Å². The predicted molar refractivity (Wildman–Crippen MR) is 64.7 cm³/mol. The minimum absolute atomic E-state index is 0.00991.